The number of hydrogen-bond donors (Lipinski definition) is 1. The molecular weight excluding hydrogens is 426 g/mol. The van der Waals surface area contributed by atoms with Crippen LogP contribution in [-0.2, 0) is 17.6 Å². The summed E-state index contributed by atoms with van der Waals surface area (Å²) in [5, 5.41) is 10.8. The van der Waals surface area contributed by atoms with Crippen molar-refractivity contribution in [2.75, 3.05) is 20.2 Å². The van der Waals surface area contributed by atoms with Crippen LogP contribution >= 0.6 is 0 Å². The third-order valence-electron chi connectivity index (χ3n) is 6.73. The van der Waals surface area contributed by atoms with Gasteiger partial charge in [-0.15, -0.1) is 0 Å². The van der Waals surface area contributed by atoms with Gasteiger partial charge in [-0.1, -0.05) is 36.4 Å². The highest BCUT2D eigenvalue weighted by atomic mass is 16.5. The molecule has 0 atom stereocenters. The van der Waals surface area contributed by atoms with Crippen LogP contribution in [0.25, 0.3) is 22.3 Å². The Morgan fingerprint density at radius 3 is 2.56 bits per heavy atom. The number of aromatic hydroxyl groups is 1. The number of rotatable bonds is 6. The Labute approximate surface area is 199 Å². The fourth-order valence-electron chi connectivity index (χ4n) is 4.80. The van der Waals surface area contributed by atoms with Gasteiger partial charge in [0.25, 0.3) is 0 Å². The van der Waals surface area contributed by atoms with Crippen molar-refractivity contribution in [3.63, 3.8) is 0 Å². The summed E-state index contributed by atoms with van der Waals surface area (Å²) >= 11 is 0. The molecule has 1 aliphatic rings. The number of nitrogens with zero attached hydrogens (tertiary/aromatic N) is 1. The molecule has 1 fully saturated rings. The zero-order chi connectivity index (χ0) is 23.5. The van der Waals surface area contributed by atoms with Crippen LogP contribution in [-0.4, -0.2) is 36.1 Å². The van der Waals surface area contributed by atoms with Crippen molar-refractivity contribution < 1.29 is 19.1 Å². The lowest BCUT2D eigenvalue weighted by Gasteiger charge is -2.32. The molecule has 5 heteroatoms. The summed E-state index contributed by atoms with van der Waals surface area (Å²) < 4.78 is 11.2. The number of phenolic OH excluding ortho intramolecular Hbond substituents is 1. The molecular formula is C29H29NO4. The molecule has 174 valence electrons. The van der Waals surface area contributed by atoms with Gasteiger partial charge in [-0.25, -0.2) is 0 Å². The number of amides is 1. The molecule has 0 radical (unpaired) electrons. The Hall–Kier alpha value is -3.73. The van der Waals surface area contributed by atoms with Crippen LogP contribution in [0.3, 0.4) is 0 Å². The van der Waals surface area contributed by atoms with E-state index in [1.165, 1.54) is 12.7 Å². The second-order valence-corrected chi connectivity index (χ2v) is 9.06. The van der Waals surface area contributed by atoms with Crippen molar-refractivity contribution in [3.8, 4) is 22.8 Å². The SMILES string of the molecule is COc1cc(-c2cc3cc(CC(=O)N4CCC(Cc5ccccc5)CC4)ccc3o2)ccc1O. The van der Waals surface area contributed by atoms with Gasteiger partial charge in [-0.05, 0) is 72.7 Å². The van der Waals surface area contributed by atoms with Crippen LogP contribution in [0.2, 0.25) is 0 Å². The summed E-state index contributed by atoms with van der Waals surface area (Å²) in [6.07, 6.45) is 3.60. The summed E-state index contributed by atoms with van der Waals surface area (Å²) in [5.41, 5.74) is 3.95. The second-order valence-electron chi connectivity index (χ2n) is 9.06. The lowest BCUT2D eigenvalue weighted by atomic mass is 9.90. The van der Waals surface area contributed by atoms with E-state index in [-0.39, 0.29) is 11.7 Å². The maximum atomic E-state index is 13.0. The van der Waals surface area contributed by atoms with Gasteiger partial charge in [-0.2, -0.15) is 0 Å². The van der Waals surface area contributed by atoms with E-state index in [0.717, 1.165) is 54.4 Å². The number of likely N-dealkylation sites (tertiary alicyclic amines) is 1. The topological polar surface area (TPSA) is 62.9 Å². The summed E-state index contributed by atoms with van der Waals surface area (Å²) in [4.78, 5) is 15.0. The van der Waals surface area contributed by atoms with Crippen LogP contribution < -0.4 is 4.74 Å². The molecule has 0 unspecified atom stereocenters. The van der Waals surface area contributed by atoms with Crippen LogP contribution in [0.15, 0.2) is 77.2 Å². The number of furan rings is 1. The molecule has 1 aromatic heterocycles. The van der Waals surface area contributed by atoms with Crippen molar-refractivity contribution in [2.24, 2.45) is 5.92 Å². The summed E-state index contributed by atoms with van der Waals surface area (Å²) in [6, 6.07) is 23.6. The molecule has 1 aliphatic heterocycles. The average Bonchev–Trinajstić information content (AvgIpc) is 3.29. The van der Waals surface area contributed by atoms with Crippen LogP contribution in [0.4, 0.5) is 0 Å². The Morgan fingerprint density at radius 1 is 1.00 bits per heavy atom. The molecule has 1 N–H and O–H groups in total. The minimum absolute atomic E-state index is 0.0901. The summed E-state index contributed by atoms with van der Waals surface area (Å²) in [5.74, 6) is 2.01. The third kappa shape index (κ3) is 4.79. The quantitative estimate of drug-likeness (QED) is 0.397. The maximum Gasteiger partial charge on any atom is 0.226 e. The van der Waals surface area contributed by atoms with Crippen molar-refractivity contribution in [1.29, 1.82) is 0 Å². The van der Waals surface area contributed by atoms with Gasteiger partial charge in [-0.3, -0.25) is 4.79 Å². The monoisotopic (exact) mass is 455 g/mol. The number of fused-ring (bicyclic) bond motifs is 1. The molecule has 0 aliphatic carbocycles. The molecule has 0 spiro atoms. The summed E-state index contributed by atoms with van der Waals surface area (Å²) in [6.45, 7) is 1.66. The summed E-state index contributed by atoms with van der Waals surface area (Å²) in [7, 11) is 1.52. The van der Waals surface area contributed by atoms with Crippen molar-refractivity contribution >= 4 is 16.9 Å². The van der Waals surface area contributed by atoms with Crippen molar-refractivity contribution in [1.82, 2.24) is 4.90 Å². The highest BCUT2D eigenvalue weighted by Crippen LogP contribution is 2.34. The van der Waals surface area contributed by atoms with E-state index in [4.69, 9.17) is 9.15 Å². The molecule has 3 aromatic carbocycles. The van der Waals surface area contributed by atoms with E-state index in [1.807, 2.05) is 29.2 Å². The van der Waals surface area contributed by atoms with E-state index in [9.17, 15) is 9.90 Å². The molecule has 4 aromatic rings. The van der Waals surface area contributed by atoms with E-state index in [1.54, 1.807) is 18.2 Å². The predicted octanol–water partition coefficient (Wildman–Crippen LogP) is 5.84. The lowest BCUT2D eigenvalue weighted by molar-refractivity contribution is -0.131. The Kier molecular flexibility index (Phi) is 6.26. The average molecular weight is 456 g/mol. The van der Waals surface area contributed by atoms with Gasteiger partial charge in [0.15, 0.2) is 11.5 Å². The van der Waals surface area contributed by atoms with Gasteiger partial charge in [0.05, 0.1) is 13.5 Å². The van der Waals surface area contributed by atoms with Crippen LogP contribution in [0, 0.1) is 5.92 Å². The number of piperidine rings is 1. The third-order valence-corrected chi connectivity index (χ3v) is 6.73. The van der Waals surface area contributed by atoms with Crippen LogP contribution in [0.5, 0.6) is 11.5 Å². The van der Waals surface area contributed by atoms with Gasteiger partial charge < -0.3 is 19.2 Å². The van der Waals surface area contributed by atoms with E-state index < -0.39 is 0 Å². The number of hydrogen-bond acceptors (Lipinski definition) is 4. The Morgan fingerprint density at radius 2 is 1.79 bits per heavy atom. The molecule has 0 bridgehead atoms. The number of carbonyl (C=O) groups excluding carboxylic acids is 1. The molecule has 5 rings (SSSR count). The van der Waals surface area contributed by atoms with Crippen molar-refractivity contribution in [2.45, 2.75) is 25.7 Å². The van der Waals surface area contributed by atoms with E-state index in [0.29, 0.717) is 23.8 Å². The van der Waals surface area contributed by atoms with Gasteiger partial charge in [0.2, 0.25) is 5.91 Å². The van der Waals surface area contributed by atoms with Gasteiger partial charge in [0.1, 0.15) is 11.3 Å². The standard InChI is InChI=1S/C29H29NO4/c1-33-28-18-23(8-9-25(28)31)27-19-24-16-22(7-10-26(24)34-27)17-29(32)30-13-11-21(12-14-30)15-20-5-3-2-4-6-20/h2-10,16,18-19,21,31H,11-15,17H2,1H3. The van der Waals surface area contributed by atoms with E-state index >= 15 is 0 Å². The zero-order valence-corrected chi connectivity index (χ0v) is 19.4. The minimum atomic E-state index is 0.0901. The normalized spacial score (nSPS) is 14.4. The Bertz CT molecular complexity index is 1290. The largest absolute Gasteiger partial charge is 0.504 e. The predicted molar refractivity (Wildman–Crippen MR) is 133 cm³/mol. The number of methoxy groups -OCH3 is 1. The van der Waals surface area contributed by atoms with Gasteiger partial charge in [0, 0.05) is 24.0 Å². The molecule has 1 saturated heterocycles. The van der Waals surface area contributed by atoms with E-state index in [2.05, 4.69) is 30.3 Å². The maximum absolute atomic E-state index is 13.0. The first-order chi connectivity index (χ1) is 16.6. The zero-order valence-electron chi connectivity index (χ0n) is 19.4. The van der Waals surface area contributed by atoms with Gasteiger partial charge >= 0.3 is 0 Å². The number of phenols is 1. The lowest BCUT2D eigenvalue weighted by Crippen LogP contribution is -2.39. The van der Waals surface area contributed by atoms with Crippen molar-refractivity contribution in [3.05, 3.63) is 83.9 Å². The molecule has 34 heavy (non-hydrogen) atoms. The molecule has 2 heterocycles. The highest BCUT2D eigenvalue weighted by Gasteiger charge is 2.23. The Balaban J connectivity index is 1.22. The molecule has 1 amide bonds. The molecule has 5 nitrogen and oxygen atoms in total. The first kappa shape index (κ1) is 22.1. The first-order valence-corrected chi connectivity index (χ1v) is 11.8. The first-order valence-electron chi connectivity index (χ1n) is 11.8. The highest BCUT2D eigenvalue weighted by molar-refractivity contribution is 5.86. The number of carbonyl (C=O) groups is 1. The fourth-order valence-corrected chi connectivity index (χ4v) is 4.80. The number of ether oxygens (including phenoxy) is 1. The minimum Gasteiger partial charge on any atom is -0.504 e. The molecule has 0 saturated carbocycles. The van der Waals surface area contributed by atoms with Crippen LogP contribution in [0.1, 0.15) is 24.0 Å². The smallest absolute Gasteiger partial charge is 0.226 e. The second kappa shape index (κ2) is 9.64. The fraction of sp³-hybridized carbons (Fsp3) is 0.276. The number of benzene rings is 3.